The van der Waals surface area contributed by atoms with Gasteiger partial charge in [0.25, 0.3) is 0 Å². The van der Waals surface area contributed by atoms with Crippen LogP contribution in [-0.2, 0) is 36.9 Å². The van der Waals surface area contributed by atoms with Crippen molar-refractivity contribution in [2.24, 2.45) is 11.8 Å². The number of hydrogen-bond acceptors (Lipinski definition) is 7. The molecule has 0 unspecified atom stereocenters. The molecule has 14 heteroatoms. The number of rotatable bonds is 9. The van der Waals surface area contributed by atoms with E-state index in [0.717, 1.165) is 11.1 Å². The summed E-state index contributed by atoms with van der Waals surface area (Å²) in [6, 6.07) is 17.8. The van der Waals surface area contributed by atoms with Gasteiger partial charge >= 0.3 is 24.1 Å². The van der Waals surface area contributed by atoms with Crippen LogP contribution >= 0.6 is 0 Å². The molecule has 0 radical (unpaired) electrons. The molecule has 4 amide bonds. The van der Waals surface area contributed by atoms with Crippen molar-refractivity contribution in [1.29, 1.82) is 0 Å². The van der Waals surface area contributed by atoms with Gasteiger partial charge in [-0.2, -0.15) is 13.2 Å². The van der Waals surface area contributed by atoms with Crippen molar-refractivity contribution in [3.05, 3.63) is 71.8 Å². The molecule has 0 aliphatic carbocycles. The van der Waals surface area contributed by atoms with Gasteiger partial charge in [0.05, 0.1) is 25.5 Å². The van der Waals surface area contributed by atoms with Gasteiger partial charge in [0.2, 0.25) is 11.8 Å². The van der Waals surface area contributed by atoms with E-state index >= 15 is 0 Å². The molecule has 0 bridgehead atoms. The number of likely N-dealkylation sites (N-methyl/N-ethyl adjacent to an activating group) is 1. The Morgan fingerprint density at radius 1 is 1.00 bits per heavy atom. The minimum atomic E-state index is -5.08. The van der Waals surface area contributed by atoms with E-state index in [2.05, 4.69) is 10.6 Å². The van der Waals surface area contributed by atoms with E-state index in [1.165, 1.54) is 12.0 Å². The maximum atomic E-state index is 13.9. The molecule has 2 fully saturated rings. The topological polar surface area (TPSA) is 145 Å². The van der Waals surface area contributed by atoms with Gasteiger partial charge in [0, 0.05) is 32.1 Å². The highest BCUT2D eigenvalue weighted by molar-refractivity contribution is 6.09. The van der Waals surface area contributed by atoms with E-state index in [4.69, 9.17) is 14.6 Å². The van der Waals surface area contributed by atoms with Crippen LogP contribution in [0.3, 0.4) is 0 Å². The van der Waals surface area contributed by atoms with Crippen molar-refractivity contribution >= 4 is 29.8 Å². The normalized spacial score (nSPS) is 22.5. The maximum Gasteiger partial charge on any atom is 0.490 e. The number of carbonyl (C=O) groups excluding carboxylic acids is 4. The average Bonchev–Trinajstić information content (AvgIpc) is 3.45. The number of hydrogen-bond donors (Lipinski definition) is 3. The third kappa shape index (κ3) is 7.36. The number of esters is 1. The van der Waals surface area contributed by atoms with Crippen LogP contribution in [0.25, 0.3) is 0 Å². The average molecular weight is 621 g/mol. The molecule has 2 heterocycles. The SMILES string of the molecule is CCNC(=O)N(CC)C[C@H]1N[C@@](Cc2ccccc2)(C(=O)OC)[C@H]2C(=O)N(Cc3ccccc3)C(=O)[C@@H]12.O=C(O)C(F)(F)F. The first-order valence-electron chi connectivity index (χ1n) is 13.9. The molecule has 2 aliphatic rings. The lowest BCUT2D eigenvalue weighted by molar-refractivity contribution is -0.192. The number of methoxy groups -OCH3 is 1. The number of aliphatic carboxylic acids is 1. The quantitative estimate of drug-likeness (QED) is 0.287. The van der Waals surface area contributed by atoms with Gasteiger partial charge in [-0.05, 0) is 25.0 Å². The molecule has 0 aromatic heterocycles. The Balaban J connectivity index is 0.000000676. The fourth-order valence-electron chi connectivity index (χ4n) is 5.64. The number of imide groups is 1. The van der Waals surface area contributed by atoms with E-state index in [0.29, 0.717) is 13.1 Å². The molecular formula is C30H35F3N4O7. The number of fused-ring (bicyclic) bond motifs is 1. The van der Waals surface area contributed by atoms with Gasteiger partial charge in [0.15, 0.2) is 0 Å². The zero-order valence-corrected chi connectivity index (χ0v) is 24.5. The monoisotopic (exact) mass is 620 g/mol. The summed E-state index contributed by atoms with van der Waals surface area (Å²) in [7, 11) is 1.29. The van der Waals surface area contributed by atoms with Gasteiger partial charge < -0.3 is 20.1 Å². The zero-order chi connectivity index (χ0) is 32.7. The summed E-state index contributed by atoms with van der Waals surface area (Å²) in [5.41, 5.74) is 0.195. The number of urea groups is 1. The zero-order valence-electron chi connectivity index (χ0n) is 24.5. The predicted octanol–water partition coefficient (Wildman–Crippen LogP) is 2.60. The van der Waals surface area contributed by atoms with Crippen molar-refractivity contribution in [1.82, 2.24) is 20.4 Å². The molecule has 0 spiro atoms. The van der Waals surface area contributed by atoms with Crippen LogP contribution in [0.1, 0.15) is 25.0 Å². The minimum absolute atomic E-state index is 0.120. The van der Waals surface area contributed by atoms with Gasteiger partial charge in [-0.1, -0.05) is 60.7 Å². The number of nitrogens with one attached hydrogen (secondary N) is 2. The van der Waals surface area contributed by atoms with Crippen molar-refractivity contribution in [2.45, 2.75) is 44.6 Å². The lowest BCUT2D eigenvalue weighted by Gasteiger charge is -2.33. The van der Waals surface area contributed by atoms with E-state index in [1.54, 1.807) is 4.90 Å². The lowest BCUT2D eigenvalue weighted by atomic mass is 9.76. The van der Waals surface area contributed by atoms with Crippen LogP contribution in [0.2, 0.25) is 0 Å². The molecule has 2 saturated heterocycles. The Hall–Kier alpha value is -4.46. The van der Waals surface area contributed by atoms with Crippen molar-refractivity contribution < 1.29 is 47.0 Å². The largest absolute Gasteiger partial charge is 0.490 e. The van der Waals surface area contributed by atoms with Crippen LogP contribution in [0, 0.1) is 11.8 Å². The second kappa shape index (κ2) is 14.3. The molecule has 44 heavy (non-hydrogen) atoms. The Bertz CT molecular complexity index is 1340. The number of ether oxygens (including phenoxy) is 1. The number of amides is 4. The molecule has 4 atom stereocenters. The number of halogens is 3. The van der Waals surface area contributed by atoms with Crippen molar-refractivity contribution in [3.8, 4) is 0 Å². The van der Waals surface area contributed by atoms with E-state index in [-0.39, 0.29) is 31.4 Å². The molecule has 238 valence electrons. The maximum absolute atomic E-state index is 13.9. The number of carboxylic acid groups (broad SMARTS) is 1. The Kier molecular flexibility index (Phi) is 11.1. The summed E-state index contributed by atoms with van der Waals surface area (Å²) >= 11 is 0. The number of carbonyl (C=O) groups is 5. The van der Waals surface area contributed by atoms with E-state index in [9.17, 15) is 32.3 Å². The van der Waals surface area contributed by atoms with Gasteiger partial charge in [0.1, 0.15) is 5.54 Å². The number of carboxylic acids is 1. The molecule has 2 aromatic carbocycles. The fourth-order valence-corrected chi connectivity index (χ4v) is 5.64. The third-order valence-electron chi connectivity index (χ3n) is 7.57. The molecular weight excluding hydrogens is 585 g/mol. The number of likely N-dealkylation sites (tertiary alicyclic amines) is 1. The summed E-state index contributed by atoms with van der Waals surface area (Å²) in [5, 5.41) is 13.3. The van der Waals surface area contributed by atoms with Gasteiger partial charge in [-0.3, -0.25) is 24.6 Å². The first-order valence-corrected chi connectivity index (χ1v) is 13.9. The Labute approximate surface area is 252 Å². The predicted molar refractivity (Wildman–Crippen MR) is 151 cm³/mol. The van der Waals surface area contributed by atoms with Gasteiger partial charge in [-0.15, -0.1) is 0 Å². The standard InChI is InChI=1S/C28H34N4O5.C2HF3O2/c1-4-29-27(36)31(5-2)18-21-22-23(25(34)32(24(22)33)17-20-14-10-7-11-15-20)28(30-21,26(35)37-3)16-19-12-8-6-9-13-19;3-2(4,5)1(6)7/h6-15,21-23,30H,4-5,16-18H2,1-3H3,(H,29,36);(H,6,7)/t21-,22+,23-,28-;/m1./s1. The van der Waals surface area contributed by atoms with E-state index in [1.807, 2.05) is 74.5 Å². The molecule has 11 nitrogen and oxygen atoms in total. The van der Waals surface area contributed by atoms with Crippen LogP contribution in [-0.4, -0.2) is 89.2 Å². The smallest absolute Gasteiger partial charge is 0.475 e. The highest BCUT2D eigenvalue weighted by atomic mass is 19.4. The molecule has 3 N–H and O–H groups in total. The van der Waals surface area contributed by atoms with Crippen molar-refractivity contribution in [3.63, 3.8) is 0 Å². The van der Waals surface area contributed by atoms with Crippen LogP contribution in [0.5, 0.6) is 0 Å². The first-order chi connectivity index (χ1) is 20.8. The summed E-state index contributed by atoms with van der Waals surface area (Å²) in [5.74, 6) is -5.89. The number of alkyl halides is 3. The lowest BCUT2D eigenvalue weighted by Crippen LogP contribution is -2.60. The fraction of sp³-hybridized carbons (Fsp3) is 0.433. The van der Waals surface area contributed by atoms with Crippen LogP contribution in [0.4, 0.5) is 18.0 Å². The van der Waals surface area contributed by atoms with Crippen LogP contribution in [0.15, 0.2) is 60.7 Å². The summed E-state index contributed by atoms with van der Waals surface area (Å²) in [4.78, 5) is 65.6. The third-order valence-corrected chi connectivity index (χ3v) is 7.57. The summed E-state index contributed by atoms with van der Waals surface area (Å²) < 4.78 is 37.0. The molecule has 2 aromatic rings. The second-order valence-corrected chi connectivity index (χ2v) is 10.3. The summed E-state index contributed by atoms with van der Waals surface area (Å²) in [6.07, 6.45) is -4.91. The molecule has 0 saturated carbocycles. The Morgan fingerprint density at radius 3 is 2.02 bits per heavy atom. The van der Waals surface area contributed by atoms with E-state index < -0.39 is 47.4 Å². The summed E-state index contributed by atoms with van der Waals surface area (Å²) in [6.45, 7) is 4.83. The number of benzene rings is 2. The highest BCUT2D eigenvalue weighted by Gasteiger charge is 2.68. The second-order valence-electron chi connectivity index (χ2n) is 10.3. The van der Waals surface area contributed by atoms with Gasteiger partial charge in [-0.25, -0.2) is 9.59 Å². The Morgan fingerprint density at radius 2 is 1.55 bits per heavy atom. The van der Waals surface area contributed by atoms with Crippen molar-refractivity contribution in [2.75, 3.05) is 26.7 Å². The molecule has 2 aliphatic heterocycles. The first kappa shape index (κ1) is 34.0. The molecule has 4 rings (SSSR count). The number of nitrogens with zero attached hydrogens (tertiary/aromatic N) is 2. The highest BCUT2D eigenvalue weighted by Crippen LogP contribution is 2.45. The van der Waals surface area contributed by atoms with Crippen LogP contribution < -0.4 is 10.6 Å². The minimum Gasteiger partial charge on any atom is -0.475 e.